The molecule has 1 aliphatic rings. The van der Waals surface area contributed by atoms with E-state index in [0.717, 1.165) is 21.2 Å². The summed E-state index contributed by atoms with van der Waals surface area (Å²) in [7, 11) is 0. The normalized spacial score (nSPS) is 12.7. The number of anilines is 1. The molecule has 1 aliphatic heterocycles. The zero-order valence-electron chi connectivity index (χ0n) is 24.7. The van der Waals surface area contributed by atoms with E-state index in [2.05, 4.69) is 78.9 Å². The largest absolute Gasteiger partial charge is 0.268 e. The van der Waals surface area contributed by atoms with Crippen molar-refractivity contribution in [2.75, 3.05) is 4.90 Å². The second-order valence-electron chi connectivity index (χ2n) is 11.2. The number of carbonyl (C=O) groups excluding carboxylic acids is 2. The summed E-state index contributed by atoms with van der Waals surface area (Å²) in [6.07, 6.45) is 0. The first-order valence-electron chi connectivity index (χ1n) is 15.1. The fraction of sp³-hybridized carbons (Fsp3) is 0. The number of benzene rings is 4. The second-order valence-corrected chi connectivity index (χ2v) is 15.5. The average molecular weight is 678 g/mol. The maximum atomic E-state index is 13.6. The summed E-state index contributed by atoms with van der Waals surface area (Å²) >= 11 is 7.21. The number of hydrogen-bond acceptors (Lipinski definition) is 6. The molecule has 2 amide bonds. The Hall–Kier alpha value is -4.92. The first-order chi connectivity index (χ1) is 23.1. The van der Waals surface area contributed by atoms with E-state index in [-0.39, 0.29) is 11.8 Å². The first kappa shape index (κ1) is 28.3. The van der Waals surface area contributed by atoms with Gasteiger partial charge in [-0.05, 0) is 89.3 Å². The van der Waals surface area contributed by atoms with Crippen LogP contribution in [-0.4, -0.2) is 11.8 Å². The fourth-order valence-corrected chi connectivity index (χ4v) is 10.5. The SMILES string of the molecule is O=C1c2cccc3c(-c4ccc(-c5ccc(-c6ccc(-c7ccc(-c8ccccc8)s7)s6)s5)s4)ccc(c23)C(=O)N1c1ccccc1. The van der Waals surface area contributed by atoms with Crippen LogP contribution in [0.1, 0.15) is 20.7 Å². The van der Waals surface area contributed by atoms with Crippen molar-refractivity contribution in [1.82, 2.24) is 0 Å². The van der Waals surface area contributed by atoms with E-state index < -0.39 is 0 Å². The predicted octanol–water partition coefficient (Wildman–Crippen LogP) is 12.2. The first-order valence-corrected chi connectivity index (χ1v) is 18.3. The lowest BCUT2D eigenvalue weighted by Gasteiger charge is -2.27. The number of rotatable bonds is 6. The Balaban J connectivity index is 1.01. The van der Waals surface area contributed by atoms with Crippen LogP contribution in [0.4, 0.5) is 5.69 Å². The van der Waals surface area contributed by atoms with Crippen LogP contribution in [0.25, 0.3) is 60.9 Å². The molecule has 7 heteroatoms. The standard InChI is InChI=1S/C40H23NO2S4/c42-39-28-13-7-12-27-26(14-15-29(38(27)28)40(43)41(39)25-10-5-2-6-11-25)31-17-19-33(45-31)35-21-23-37(47-35)36-22-20-34(46-36)32-18-16-30(44-32)24-8-3-1-4-9-24/h1-23H. The van der Waals surface area contributed by atoms with Gasteiger partial charge in [0.05, 0.1) is 5.69 Å². The van der Waals surface area contributed by atoms with Gasteiger partial charge in [-0.1, -0.05) is 66.7 Å². The summed E-state index contributed by atoms with van der Waals surface area (Å²) in [6, 6.07) is 47.0. The zero-order chi connectivity index (χ0) is 31.5. The minimum absolute atomic E-state index is 0.290. The van der Waals surface area contributed by atoms with Crippen molar-refractivity contribution < 1.29 is 9.59 Å². The predicted molar refractivity (Wildman–Crippen MR) is 200 cm³/mol. The summed E-state index contributed by atoms with van der Waals surface area (Å²) in [5.74, 6) is -0.580. The highest BCUT2D eigenvalue weighted by molar-refractivity contribution is 7.29. The van der Waals surface area contributed by atoms with Crippen LogP contribution in [0.5, 0.6) is 0 Å². The molecule has 0 saturated heterocycles. The van der Waals surface area contributed by atoms with E-state index in [1.54, 1.807) is 23.5 Å². The van der Waals surface area contributed by atoms with Gasteiger partial charge in [-0.25, -0.2) is 4.90 Å². The Morgan fingerprint density at radius 2 is 0.809 bits per heavy atom. The summed E-state index contributed by atoms with van der Waals surface area (Å²) < 4.78 is 0. The van der Waals surface area contributed by atoms with Gasteiger partial charge in [0.25, 0.3) is 11.8 Å². The Morgan fingerprint density at radius 3 is 1.40 bits per heavy atom. The number of amides is 2. The van der Waals surface area contributed by atoms with Gasteiger partial charge in [0.2, 0.25) is 0 Å². The Kier molecular flexibility index (Phi) is 6.87. The van der Waals surface area contributed by atoms with Gasteiger partial charge in [-0.2, -0.15) is 0 Å². The molecule has 8 aromatic rings. The smallest absolute Gasteiger partial charge is 0.265 e. The monoisotopic (exact) mass is 677 g/mol. The molecular formula is C40H23NO2S4. The van der Waals surface area contributed by atoms with Crippen molar-refractivity contribution >= 4 is 73.6 Å². The molecular weight excluding hydrogens is 655 g/mol. The molecule has 0 radical (unpaired) electrons. The van der Waals surface area contributed by atoms with Crippen LogP contribution in [0.15, 0.2) is 140 Å². The Morgan fingerprint density at radius 1 is 0.362 bits per heavy atom. The second kappa shape index (κ2) is 11.4. The summed E-state index contributed by atoms with van der Waals surface area (Å²) in [5.41, 5.74) is 3.97. The maximum Gasteiger partial charge on any atom is 0.265 e. The van der Waals surface area contributed by atoms with Crippen LogP contribution in [0.2, 0.25) is 0 Å². The number of hydrogen-bond donors (Lipinski definition) is 0. The molecule has 5 heterocycles. The minimum atomic E-state index is -0.290. The molecule has 224 valence electrons. The van der Waals surface area contributed by atoms with Crippen molar-refractivity contribution in [2.45, 2.75) is 0 Å². The molecule has 0 spiro atoms. The molecule has 0 bridgehead atoms. The lowest BCUT2D eigenvalue weighted by molar-refractivity contribution is 0.0893. The number of thiophene rings is 4. The third-order valence-electron chi connectivity index (χ3n) is 8.40. The molecule has 0 fully saturated rings. The number of para-hydroxylation sites is 1. The molecule has 0 saturated carbocycles. The summed E-state index contributed by atoms with van der Waals surface area (Å²) in [6.45, 7) is 0. The Labute approximate surface area is 287 Å². The molecule has 4 aromatic carbocycles. The van der Waals surface area contributed by atoms with Crippen molar-refractivity contribution in [2.24, 2.45) is 0 Å². The van der Waals surface area contributed by atoms with Crippen molar-refractivity contribution in [3.05, 3.63) is 151 Å². The van der Waals surface area contributed by atoms with E-state index in [1.807, 2.05) is 82.5 Å². The van der Waals surface area contributed by atoms with Gasteiger partial charge in [0, 0.05) is 55.5 Å². The van der Waals surface area contributed by atoms with Crippen molar-refractivity contribution in [3.63, 3.8) is 0 Å². The number of nitrogens with zero attached hydrogens (tertiary/aromatic N) is 1. The lowest BCUT2D eigenvalue weighted by Crippen LogP contribution is -2.40. The van der Waals surface area contributed by atoms with E-state index in [0.29, 0.717) is 16.8 Å². The highest BCUT2D eigenvalue weighted by Gasteiger charge is 2.34. The molecule has 9 rings (SSSR count). The van der Waals surface area contributed by atoms with Crippen LogP contribution >= 0.6 is 45.3 Å². The Bertz CT molecular complexity index is 2440. The highest BCUT2D eigenvalue weighted by atomic mass is 32.1. The van der Waals surface area contributed by atoms with Gasteiger partial charge in [0.15, 0.2) is 0 Å². The summed E-state index contributed by atoms with van der Waals surface area (Å²) in [5, 5.41) is 1.65. The van der Waals surface area contributed by atoms with Crippen LogP contribution in [0.3, 0.4) is 0 Å². The van der Waals surface area contributed by atoms with Crippen LogP contribution in [0, 0.1) is 0 Å². The van der Waals surface area contributed by atoms with Crippen molar-refractivity contribution in [1.29, 1.82) is 0 Å². The average Bonchev–Trinajstić information content (AvgIpc) is 3.94. The van der Waals surface area contributed by atoms with Gasteiger partial charge >= 0.3 is 0 Å². The minimum Gasteiger partial charge on any atom is -0.268 e. The quantitative estimate of drug-likeness (QED) is 0.164. The van der Waals surface area contributed by atoms with E-state index >= 15 is 0 Å². The molecule has 3 nitrogen and oxygen atoms in total. The fourth-order valence-electron chi connectivity index (χ4n) is 6.17. The van der Waals surface area contributed by atoms with Crippen LogP contribution in [-0.2, 0) is 0 Å². The van der Waals surface area contributed by atoms with Gasteiger partial charge in [0.1, 0.15) is 0 Å². The summed E-state index contributed by atoms with van der Waals surface area (Å²) in [4.78, 5) is 38.4. The van der Waals surface area contributed by atoms with Crippen molar-refractivity contribution in [3.8, 4) is 50.1 Å². The lowest BCUT2D eigenvalue weighted by atomic mass is 9.90. The van der Waals surface area contributed by atoms with Gasteiger partial charge in [-0.15, -0.1) is 45.3 Å². The topological polar surface area (TPSA) is 37.4 Å². The molecule has 0 aliphatic carbocycles. The number of carbonyl (C=O) groups is 2. The van der Waals surface area contributed by atoms with E-state index in [1.165, 1.54) is 44.6 Å². The molecule has 0 atom stereocenters. The molecule has 47 heavy (non-hydrogen) atoms. The van der Waals surface area contributed by atoms with Gasteiger partial charge < -0.3 is 0 Å². The van der Waals surface area contributed by atoms with E-state index in [4.69, 9.17) is 0 Å². The number of imide groups is 1. The maximum absolute atomic E-state index is 13.6. The third-order valence-corrected chi connectivity index (χ3v) is 13.4. The molecule has 0 unspecified atom stereocenters. The highest BCUT2D eigenvalue weighted by Crippen LogP contribution is 2.46. The molecule has 0 N–H and O–H groups in total. The van der Waals surface area contributed by atoms with Crippen LogP contribution < -0.4 is 4.90 Å². The van der Waals surface area contributed by atoms with Gasteiger partial charge in [-0.3, -0.25) is 9.59 Å². The third kappa shape index (κ3) is 4.82. The zero-order valence-corrected chi connectivity index (χ0v) is 27.9. The van der Waals surface area contributed by atoms with E-state index in [9.17, 15) is 9.59 Å². The molecule has 4 aromatic heterocycles.